The van der Waals surface area contributed by atoms with Gasteiger partial charge in [-0.05, 0) is 49.1 Å². The topological polar surface area (TPSA) is 55.8 Å². The summed E-state index contributed by atoms with van der Waals surface area (Å²) in [6, 6.07) is 11.4. The SMILES string of the molecule is COc1ccc(C(Cc2cc(C)ccc2C)C(=O)O)cc1OC. The van der Waals surface area contributed by atoms with Crippen molar-refractivity contribution >= 4 is 5.97 Å². The lowest BCUT2D eigenvalue weighted by molar-refractivity contribution is -0.138. The highest BCUT2D eigenvalue weighted by molar-refractivity contribution is 5.77. The standard InChI is InChI=1S/C19H22O4/c1-12-5-6-13(2)15(9-12)10-16(19(20)21)14-7-8-17(22-3)18(11-14)23-4/h5-9,11,16H,10H2,1-4H3,(H,20,21). The van der Waals surface area contributed by atoms with Gasteiger partial charge in [0, 0.05) is 0 Å². The van der Waals surface area contributed by atoms with E-state index in [9.17, 15) is 9.90 Å². The van der Waals surface area contributed by atoms with Gasteiger partial charge < -0.3 is 14.6 Å². The van der Waals surface area contributed by atoms with Crippen LogP contribution in [0.5, 0.6) is 11.5 Å². The molecular weight excluding hydrogens is 292 g/mol. The van der Waals surface area contributed by atoms with Crippen LogP contribution >= 0.6 is 0 Å². The smallest absolute Gasteiger partial charge is 0.311 e. The van der Waals surface area contributed by atoms with Gasteiger partial charge in [0.15, 0.2) is 11.5 Å². The summed E-state index contributed by atoms with van der Waals surface area (Å²) in [5.41, 5.74) is 3.98. The fraction of sp³-hybridized carbons (Fsp3) is 0.316. The summed E-state index contributed by atoms with van der Waals surface area (Å²) >= 11 is 0. The van der Waals surface area contributed by atoms with Gasteiger partial charge in [0.1, 0.15) is 0 Å². The molecule has 0 fully saturated rings. The molecule has 2 rings (SSSR count). The quantitative estimate of drug-likeness (QED) is 0.882. The second-order valence-electron chi connectivity index (χ2n) is 5.64. The van der Waals surface area contributed by atoms with Crippen LogP contribution in [-0.2, 0) is 11.2 Å². The summed E-state index contributed by atoms with van der Waals surface area (Å²) < 4.78 is 10.5. The number of carboxylic acids is 1. The molecule has 23 heavy (non-hydrogen) atoms. The van der Waals surface area contributed by atoms with Crippen molar-refractivity contribution in [1.82, 2.24) is 0 Å². The zero-order chi connectivity index (χ0) is 17.0. The molecule has 0 heterocycles. The molecule has 0 saturated carbocycles. The average molecular weight is 314 g/mol. The molecule has 0 bridgehead atoms. The van der Waals surface area contributed by atoms with Crippen molar-refractivity contribution in [2.24, 2.45) is 0 Å². The lowest BCUT2D eigenvalue weighted by Crippen LogP contribution is -2.15. The number of carboxylic acid groups (broad SMARTS) is 1. The Hall–Kier alpha value is -2.49. The first-order valence-corrected chi connectivity index (χ1v) is 7.47. The zero-order valence-corrected chi connectivity index (χ0v) is 13.9. The Morgan fingerprint density at radius 1 is 1.04 bits per heavy atom. The number of hydrogen-bond acceptors (Lipinski definition) is 3. The largest absolute Gasteiger partial charge is 0.493 e. The van der Waals surface area contributed by atoms with E-state index in [1.54, 1.807) is 32.4 Å². The highest BCUT2D eigenvalue weighted by atomic mass is 16.5. The van der Waals surface area contributed by atoms with Crippen LogP contribution in [0.25, 0.3) is 0 Å². The minimum absolute atomic E-state index is 0.443. The van der Waals surface area contributed by atoms with Crippen LogP contribution < -0.4 is 9.47 Å². The van der Waals surface area contributed by atoms with Crippen molar-refractivity contribution < 1.29 is 19.4 Å². The molecule has 1 unspecified atom stereocenters. The summed E-state index contributed by atoms with van der Waals surface area (Å²) in [5.74, 6) is -0.349. The van der Waals surface area contributed by atoms with Gasteiger partial charge in [-0.15, -0.1) is 0 Å². The van der Waals surface area contributed by atoms with Crippen molar-refractivity contribution in [3.8, 4) is 11.5 Å². The number of hydrogen-bond donors (Lipinski definition) is 1. The third-order valence-electron chi connectivity index (χ3n) is 4.04. The molecule has 0 aliphatic heterocycles. The molecule has 1 N–H and O–H groups in total. The zero-order valence-electron chi connectivity index (χ0n) is 13.9. The van der Waals surface area contributed by atoms with Gasteiger partial charge in [0.2, 0.25) is 0 Å². The first-order chi connectivity index (χ1) is 11.0. The Morgan fingerprint density at radius 2 is 1.74 bits per heavy atom. The van der Waals surface area contributed by atoms with Crippen molar-refractivity contribution in [3.05, 3.63) is 58.7 Å². The Bertz CT molecular complexity index is 707. The van der Waals surface area contributed by atoms with Crippen molar-refractivity contribution in [2.75, 3.05) is 14.2 Å². The monoisotopic (exact) mass is 314 g/mol. The van der Waals surface area contributed by atoms with Gasteiger partial charge in [0.05, 0.1) is 20.1 Å². The van der Waals surface area contributed by atoms with E-state index >= 15 is 0 Å². The van der Waals surface area contributed by atoms with Crippen LogP contribution in [0.4, 0.5) is 0 Å². The predicted molar refractivity (Wildman–Crippen MR) is 89.5 cm³/mol. The number of aryl methyl sites for hydroxylation is 2. The summed E-state index contributed by atoms with van der Waals surface area (Å²) in [7, 11) is 3.10. The highest BCUT2D eigenvalue weighted by Gasteiger charge is 2.22. The van der Waals surface area contributed by atoms with Crippen LogP contribution in [0.1, 0.15) is 28.2 Å². The highest BCUT2D eigenvalue weighted by Crippen LogP contribution is 2.32. The predicted octanol–water partition coefficient (Wildman–Crippen LogP) is 3.73. The van der Waals surface area contributed by atoms with E-state index in [0.29, 0.717) is 23.5 Å². The summed E-state index contributed by atoms with van der Waals surface area (Å²) in [4.78, 5) is 11.8. The summed E-state index contributed by atoms with van der Waals surface area (Å²) in [6.07, 6.45) is 0.443. The van der Waals surface area contributed by atoms with Crippen LogP contribution in [-0.4, -0.2) is 25.3 Å². The fourth-order valence-electron chi connectivity index (χ4n) is 2.66. The summed E-state index contributed by atoms with van der Waals surface area (Å²) in [6.45, 7) is 4.01. The van der Waals surface area contributed by atoms with Gasteiger partial charge in [-0.1, -0.05) is 29.8 Å². The summed E-state index contributed by atoms with van der Waals surface area (Å²) in [5, 5.41) is 9.67. The van der Waals surface area contributed by atoms with E-state index in [1.165, 1.54) is 0 Å². The minimum atomic E-state index is -0.849. The molecule has 2 aromatic rings. The van der Waals surface area contributed by atoms with Crippen molar-refractivity contribution in [1.29, 1.82) is 0 Å². The van der Waals surface area contributed by atoms with Gasteiger partial charge in [-0.25, -0.2) is 0 Å². The molecule has 0 aromatic heterocycles. The maximum atomic E-state index is 11.8. The molecule has 0 saturated heterocycles. The lowest BCUT2D eigenvalue weighted by Gasteiger charge is -2.17. The molecule has 1 atom stereocenters. The number of aliphatic carboxylic acids is 1. The number of carbonyl (C=O) groups is 1. The molecule has 0 spiro atoms. The minimum Gasteiger partial charge on any atom is -0.493 e. The Balaban J connectivity index is 2.39. The van der Waals surface area contributed by atoms with E-state index in [0.717, 1.165) is 16.7 Å². The number of benzene rings is 2. The van der Waals surface area contributed by atoms with E-state index in [4.69, 9.17) is 9.47 Å². The first kappa shape index (κ1) is 16.9. The van der Waals surface area contributed by atoms with E-state index in [1.807, 2.05) is 32.0 Å². The van der Waals surface area contributed by atoms with Crippen molar-refractivity contribution in [3.63, 3.8) is 0 Å². The Labute approximate surface area is 136 Å². The lowest BCUT2D eigenvalue weighted by atomic mass is 9.89. The van der Waals surface area contributed by atoms with Gasteiger partial charge in [0.25, 0.3) is 0 Å². The molecule has 0 aliphatic rings. The molecule has 4 nitrogen and oxygen atoms in total. The van der Waals surface area contributed by atoms with Crippen LogP contribution in [0.3, 0.4) is 0 Å². The third kappa shape index (κ3) is 3.83. The second-order valence-corrected chi connectivity index (χ2v) is 5.64. The maximum absolute atomic E-state index is 11.8. The molecule has 0 aliphatic carbocycles. The maximum Gasteiger partial charge on any atom is 0.311 e. The fourth-order valence-corrected chi connectivity index (χ4v) is 2.66. The number of ether oxygens (including phenoxy) is 2. The molecule has 2 aromatic carbocycles. The molecule has 0 amide bonds. The van der Waals surface area contributed by atoms with Gasteiger partial charge in [-0.2, -0.15) is 0 Å². The number of rotatable bonds is 6. The van der Waals surface area contributed by atoms with E-state index < -0.39 is 11.9 Å². The Kier molecular flexibility index (Phi) is 5.27. The second kappa shape index (κ2) is 7.18. The van der Waals surface area contributed by atoms with Gasteiger partial charge >= 0.3 is 5.97 Å². The Morgan fingerprint density at radius 3 is 2.35 bits per heavy atom. The van der Waals surface area contributed by atoms with Gasteiger partial charge in [-0.3, -0.25) is 4.79 Å². The first-order valence-electron chi connectivity index (χ1n) is 7.47. The van der Waals surface area contributed by atoms with Crippen molar-refractivity contribution in [2.45, 2.75) is 26.2 Å². The number of methoxy groups -OCH3 is 2. The van der Waals surface area contributed by atoms with E-state index in [-0.39, 0.29) is 0 Å². The average Bonchev–Trinajstić information content (AvgIpc) is 2.54. The van der Waals surface area contributed by atoms with Crippen LogP contribution in [0.15, 0.2) is 36.4 Å². The third-order valence-corrected chi connectivity index (χ3v) is 4.04. The molecule has 0 radical (unpaired) electrons. The van der Waals surface area contributed by atoms with Crippen LogP contribution in [0.2, 0.25) is 0 Å². The molecule has 122 valence electrons. The molecule has 4 heteroatoms. The molecular formula is C19H22O4. The normalized spacial score (nSPS) is 11.8. The van der Waals surface area contributed by atoms with Crippen LogP contribution in [0, 0.1) is 13.8 Å². The van der Waals surface area contributed by atoms with E-state index in [2.05, 4.69) is 0 Å².